The van der Waals surface area contributed by atoms with Gasteiger partial charge in [0, 0.05) is 25.7 Å². The predicted octanol–water partition coefficient (Wildman–Crippen LogP) is 18.2. The number of hydrogen-bond donors (Lipinski definition) is 0. The summed E-state index contributed by atoms with van der Waals surface area (Å²) in [6.45, 7) is 0. The minimum absolute atomic E-state index is 1.20. The van der Waals surface area contributed by atoms with Crippen LogP contribution in [0.4, 0.5) is 0 Å². The first-order valence-corrected chi connectivity index (χ1v) is 22.6. The second-order valence-electron chi connectivity index (χ2n) is 17.1. The van der Waals surface area contributed by atoms with Crippen LogP contribution < -0.4 is 0 Å². The lowest BCUT2D eigenvalue weighted by atomic mass is 9.87. The Morgan fingerprint density at radius 3 is 1.30 bits per heavy atom. The van der Waals surface area contributed by atoms with Crippen LogP contribution in [0.2, 0.25) is 0 Å². The highest BCUT2D eigenvalue weighted by Crippen LogP contribution is 2.46. The number of thiophene rings is 1. The molecule has 0 atom stereocenters. The number of benzene rings is 13. The fourth-order valence-corrected chi connectivity index (χ4v) is 12.1. The van der Waals surface area contributed by atoms with Crippen LogP contribution in [0, 0.1) is 0 Å². The van der Waals surface area contributed by atoms with Crippen LogP contribution in [0.5, 0.6) is 0 Å². The molecular weight excluding hydrogens is 777 g/mol. The second-order valence-corrected chi connectivity index (χ2v) is 18.2. The highest BCUT2D eigenvalue weighted by molar-refractivity contribution is 7.26. The van der Waals surface area contributed by atoms with Crippen molar-refractivity contribution in [2.24, 2.45) is 0 Å². The molecule has 290 valence electrons. The van der Waals surface area contributed by atoms with Crippen molar-refractivity contribution in [1.82, 2.24) is 0 Å². The van der Waals surface area contributed by atoms with Gasteiger partial charge in [0.25, 0.3) is 0 Å². The van der Waals surface area contributed by atoms with Crippen LogP contribution in [0.1, 0.15) is 0 Å². The first kappa shape index (κ1) is 34.8. The molecule has 14 rings (SSSR count). The molecule has 0 aliphatic carbocycles. The molecule has 1 aromatic heterocycles. The third-order valence-electron chi connectivity index (χ3n) is 13.8. The van der Waals surface area contributed by atoms with Crippen molar-refractivity contribution in [3.8, 4) is 55.6 Å². The average molecular weight is 813 g/mol. The third kappa shape index (κ3) is 5.21. The van der Waals surface area contributed by atoms with E-state index < -0.39 is 0 Å². The lowest BCUT2D eigenvalue weighted by Crippen LogP contribution is -1.91. The maximum atomic E-state index is 2.45. The van der Waals surface area contributed by atoms with E-state index in [1.54, 1.807) is 0 Å². The Balaban J connectivity index is 0.955. The molecule has 0 aliphatic rings. The Labute approximate surface area is 368 Å². The van der Waals surface area contributed by atoms with Crippen molar-refractivity contribution in [1.29, 1.82) is 0 Å². The average Bonchev–Trinajstić information content (AvgIpc) is 3.74. The predicted molar refractivity (Wildman–Crippen MR) is 274 cm³/mol. The van der Waals surface area contributed by atoms with E-state index in [4.69, 9.17) is 0 Å². The molecule has 0 amide bonds. The molecule has 13 aromatic carbocycles. The van der Waals surface area contributed by atoms with Gasteiger partial charge in [0.1, 0.15) is 0 Å². The Morgan fingerprint density at radius 2 is 0.667 bits per heavy atom. The van der Waals surface area contributed by atoms with Gasteiger partial charge < -0.3 is 0 Å². The van der Waals surface area contributed by atoms with Gasteiger partial charge in [0.15, 0.2) is 0 Å². The van der Waals surface area contributed by atoms with E-state index in [0.29, 0.717) is 0 Å². The zero-order valence-corrected chi connectivity index (χ0v) is 35.0. The lowest BCUT2D eigenvalue weighted by molar-refractivity contribution is 1.57. The highest BCUT2D eigenvalue weighted by Gasteiger charge is 2.19. The van der Waals surface area contributed by atoms with Gasteiger partial charge in [-0.15, -0.1) is 11.3 Å². The summed E-state index contributed by atoms with van der Waals surface area (Å²) >= 11 is 1.90. The summed E-state index contributed by atoms with van der Waals surface area (Å²) in [5.74, 6) is 0. The Hall–Kier alpha value is -7.84. The molecule has 0 unspecified atom stereocenters. The van der Waals surface area contributed by atoms with E-state index in [1.165, 1.54) is 140 Å². The fraction of sp³-hybridized carbons (Fsp3) is 0. The van der Waals surface area contributed by atoms with E-state index >= 15 is 0 Å². The van der Waals surface area contributed by atoms with Gasteiger partial charge in [-0.1, -0.05) is 194 Å². The topological polar surface area (TPSA) is 0 Å². The van der Waals surface area contributed by atoms with Crippen molar-refractivity contribution in [2.45, 2.75) is 0 Å². The standard InChI is InChI=1S/C62H36S/c1-2-19-57-51(16-1)54-17-7-18-55(62(54)63-57)56-36-44(43-12-5-13-45(34-43)48-29-24-41-22-20-37-8-3-10-39-26-32-52(48)60(41)58(37)39)28-31-50(56)47-15-6-14-46(35-47)49-30-25-42-23-21-38-9-4-11-40-27-33-53(49)61(42)59(38)40/h1-36H. The van der Waals surface area contributed by atoms with E-state index in [2.05, 4.69) is 218 Å². The molecule has 0 radical (unpaired) electrons. The van der Waals surface area contributed by atoms with Gasteiger partial charge in [0.2, 0.25) is 0 Å². The second kappa shape index (κ2) is 13.3. The number of fused-ring (bicyclic) bond motifs is 3. The number of hydrogen-bond acceptors (Lipinski definition) is 1. The van der Waals surface area contributed by atoms with Gasteiger partial charge >= 0.3 is 0 Å². The van der Waals surface area contributed by atoms with E-state index in [9.17, 15) is 0 Å². The third-order valence-corrected chi connectivity index (χ3v) is 15.0. The van der Waals surface area contributed by atoms with Crippen molar-refractivity contribution in [3.05, 3.63) is 218 Å². The molecule has 0 spiro atoms. The summed E-state index contributed by atoms with van der Waals surface area (Å²) in [7, 11) is 0. The summed E-state index contributed by atoms with van der Waals surface area (Å²) in [5, 5.41) is 18.3. The van der Waals surface area contributed by atoms with E-state index in [1.807, 2.05) is 11.3 Å². The molecule has 0 bridgehead atoms. The molecule has 0 N–H and O–H groups in total. The molecule has 1 heterocycles. The smallest absolute Gasteiger partial charge is 0.0434 e. The van der Waals surface area contributed by atoms with Crippen LogP contribution in [-0.2, 0) is 0 Å². The first-order chi connectivity index (χ1) is 31.2. The Bertz CT molecular complexity index is 4110. The molecule has 0 nitrogen and oxygen atoms in total. The molecule has 0 saturated heterocycles. The zero-order valence-electron chi connectivity index (χ0n) is 34.2. The number of rotatable bonds is 5. The first-order valence-electron chi connectivity index (χ1n) is 21.8. The molecule has 1 heteroatoms. The SMILES string of the molecule is c1cc(-c2ccc(-c3cccc(-c4ccc5ccc6cccc7ccc4c5c67)c3)c(-c3cccc4c3sc3ccccc34)c2)cc(-c2ccc3ccc4cccc5ccc2c3c45)c1. The van der Waals surface area contributed by atoms with Crippen LogP contribution in [0.3, 0.4) is 0 Å². The Morgan fingerprint density at radius 1 is 0.222 bits per heavy atom. The maximum absolute atomic E-state index is 2.45. The van der Waals surface area contributed by atoms with Crippen molar-refractivity contribution < 1.29 is 0 Å². The monoisotopic (exact) mass is 812 g/mol. The normalized spacial score (nSPS) is 12.1. The van der Waals surface area contributed by atoms with Crippen molar-refractivity contribution >= 4 is 96.1 Å². The molecule has 0 fully saturated rings. The summed E-state index contributed by atoms with van der Waals surface area (Å²) in [6, 6.07) is 82.0. The van der Waals surface area contributed by atoms with Gasteiger partial charge in [-0.3, -0.25) is 0 Å². The summed E-state index contributed by atoms with van der Waals surface area (Å²) < 4.78 is 2.64. The fourth-order valence-electron chi connectivity index (χ4n) is 10.9. The van der Waals surface area contributed by atoms with E-state index in [0.717, 1.165) is 0 Å². The quantitative estimate of drug-likeness (QED) is 0.152. The minimum Gasteiger partial charge on any atom is -0.135 e. The molecule has 0 saturated carbocycles. The molecule has 0 aliphatic heterocycles. The van der Waals surface area contributed by atoms with Gasteiger partial charge in [-0.05, 0) is 139 Å². The van der Waals surface area contributed by atoms with Gasteiger partial charge in [-0.2, -0.15) is 0 Å². The van der Waals surface area contributed by atoms with Crippen LogP contribution >= 0.6 is 11.3 Å². The van der Waals surface area contributed by atoms with Crippen LogP contribution in [-0.4, -0.2) is 0 Å². The Kier molecular flexibility index (Phi) is 7.37. The minimum atomic E-state index is 1.20. The molecule has 14 aromatic rings. The lowest BCUT2D eigenvalue weighted by Gasteiger charge is -2.17. The largest absolute Gasteiger partial charge is 0.135 e. The van der Waals surface area contributed by atoms with Crippen molar-refractivity contribution in [3.63, 3.8) is 0 Å². The summed E-state index contributed by atoms with van der Waals surface area (Å²) in [6.07, 6.45) is 0. The van der Waals surface area contributed by atoms with Crippen LogP contribution in [0.15, 0.2) is 218 Å². The van der Waals surface area contributed by atoms with Crippen LogP contribution in [0.25, 0.3) is 140 Å². The highest BCUT2D eigenvalue weighted by atomic mass is 32.1. The van der Waals surface area contributed by atoms with Gasteiger partial charge in [-0.25, -0.2) is 0 Å². The molecule has 63 heavy (non-hydrogen) atoms. The van der Waals surface area contributed by atoms with E-state index in [-0.39, 0.29) is 0 Å². The maximum Gasteiger partial charge on any atom is 0.0434 e. The summed E-state index contributed by atoms with van der Waals surface area (Å²) in [4.78, 5) is 0. The van der Waals surface area contributed by atoms with Crippen molar-refractivity contribution in [2.75, 3.05) is 0 Å². The molecular formula is C62H36S. The summed E-state index contributed by atoms with van der Waals surface area (Å²) in [5.41, 5.74) is 12.3. The van der Waals surface area contributed by atoms with Gasteiger partial charge in [0.05, 0.1) is 0 Å². The zero-order chi connectivity index (χ0) is 41.2.